The molecule has 0 N–H and O–H groups in total. The third-order valence-corrected chi connectivity index (χ3v) is 7.68. The second kappa shape index (κ2) is 7.78. The van der Waals surface area contributed by atoms with Crippen molar-refractivity contribution < 1.29 is 0 Å². The Morgan fingerprint density at radius 3 is 1.62 bits per heavy atom. The molecule has 2 aromatic heterocycles. The molecule has 0 saturated heterocycles. The Morgan fingerprint density at radius 2 is 0.919 bits per heavy atom. The van der Waals surface area contributed by atoms with E-state index in [-0.39, 0.29) is 0 Å². The molecule has 0 atom stereocenters. The van der Waals surface area contributed by atoms with Gasteiger partial charge in [0, 0.05) is 22.5 Å². The van der Waals surface area contributed by atoms with Crippen molar-refractivity contribution in [3.63, 3.8) is 0 Å². The second-order valence-corrected chi connectivity index (χ2v) is 9.58. The minimum absolute atomic E-state index is 1.12. The number of benzene rings is 5. The Morgan fingerprint density at radius 1 is 0.405 bits per heavy atom. The van der Waals surface area contributed by atoms with Crippen LogP contribution >= 0.6 is 0 Å². The summed E-state index contributed by atoms with van der Waals surface area (Å²) in [5.74, 6) is 0. The van der Waals surface area contributed by atoms with Crippen LogP contribution in [0.25, 0.3) is 72.0 Å². The maximum Gasteiger partial charge on any atom is 0.0724 e. The van der Waals surface area contributed by atoms with Crippen LogP contribution in [-0.4, -0.2) is 9.55 Å². The Kier molecular flexibility index (Phi) is 4.26. The van der Waals surface area contributed by atoms with E-state index in [1.807, 2.05) is 12.4 Å². The molecule has 2 nitrogen and oxygen atoms in total. The molecule has 0 spiro atoms. The van der Waals surface area contributed by atoms with Crippen LogP contribution in [0.5, 0.6) is 0 Å². The van der Waals surface area contributed by atoms with E-state index in [0.717, 1.165) is 5.52 Å². The number of rotatable bonds is 1. The zero-order valence-electron chi connectivity index (χ0n) is 20.1. The van der Waals surface area contributed by atoms with E-state index in [4.69, 9.17) is 0 Å². The molecule has 0 bridgehead atoms. The van der Waals surface area contributed by atoms with E-state index >= 15 is 0 Å². The lowest BCUT2D eigenvalue weighted by atomic mass is 9.80. The molecule has 0 unspecified atom stereocenters. The molecule has 8 rings (SSSR count). The lowest BCUT2D eigenvalue weighted by Crippen LogP contribution is -2.02. The summed E-state index contributed by atoms with van der Waals surface area (Å²) in [6.45, 7) is 0. The lowest BCUT2D eigenvalue weighted by molar-refractivity contribution is 1.17. The fourth-order valence-corrected chi connectivity index (χ4v) is 6.15. The number of hydrogen-bond acceptors (Lipinski definition) is 1. The maximum absolute atomic E-state index is 4.53. The smallest absolute Gasteiger partial charge is 0.0724 e. The van der Waals surface area contributed by atoms with Gasteiger partial charge in [-0.3, -0.25) is 4.98 Å². The zero-order chi connectivity index (χ0) is 24.3. The normalized spacial score (nSPS) is 11.8. The maximum atomic E-state index is 4.53. The number of aromatic nitrogens is 2. The topological polar surface area (TPSA) is 17.8 Å². The van der Waals surface area contributed by atoms with Gasteiger partial charge in [-0.15, -0.1) is 0 Å². The summed E-state index contributed by atoms with van der Waals surface area (Å²) >= 11 is 0. The molecule has 0 saturated carbocycles. The summed E-state index contributed by atoms with van der Waals surface area (Å²) < 4.78 is 2.39. The Hall–Kier alpha value is -4.95. The summed E-state index contributed by atoms with van der Waals surface area (Å²) in [5, 5.41) is 2.45. The van der Waals surface area contributed by atoms with Crippen molar-refractivity contribution in [3.8, 4) is 50.2 Å². The molecule has 37 heavy (non-hydrogen) atoms. The van der Waals surface area contributed by atoms with E-state index in [1.165, 1.54) is 66.5 Å². The highest BCUT2D eigenvalue weighted by molar-refractivity contribution is 6.11. The number of para-hydroxylation sites is 1. The molecule has 7 aromatic rings. The molecule has 2 heteroatoms. The van der Waals surface area contributed by atoms with Crippen LogP contribution in [0.4, 0.5) is 0 Å². The van der Waals surface area contributed by atoms with Crippen LogP contribution in [0.3, 0.4) is 0 Å². The number of hydrogen-bond donors (Lipinski definition) is 0. The van der Waals surface area contributed by atoms with Crippen molar-refractivity contribution in [3.05, 3.63) is 134 Å². The van der Waals surface area contributed by atoms with Gasteiger partial charge in [0.15, 0.2) is 0 Å². The summed E-state index contributed by atoms with van der Waals surface area (Å²) in [6, 6.07) is 43.9. The van der Waals surface area contributed by atoms with E-state index in [1.54, 1.807) is 0 Å². The van der Waals surface area contributed by atoms with Gasteiger partial charge in [-0.05, 0) is 57.1 Å². The summed E-state index contributed by atoms with van der Waals surface area (Å²) in [4.78, 5) is 4.53. The summed E-state index contributed by atoms with van der Waals surface area (Å²) in [6.07, 6.45) is 3.88. The van der Waals surface area contributed by atoms with E-state index in [2.05, 4.69) is 131 Å². The zero-order valence-corrected chi connectivity index (χ0v) is 20.1. The van der Waals surface area contributed by atoms with Crippen molar-refractivity contribution in [2.45, 2.75) is 0 Å². The highest BCUT2D eigenvalue weighted by Gasteiger charge is 2.25. The minimum Gasteiger partial charge on any atom is -0.307 e. The molecule has 5 aromatic carbocycles. The van der Waals surface area contributed by atoms with Crippen LogP contribution in [0.15, 0.2) is 134 Å². The van der Waals surface area contributed by atoms with E-state index in [0.29, 0.717) is 0 Å². The summed E-state index contributed by atoms with van der Waals surface area (Å²) in [7, 11) is 0. The summed E-state index contributed by atoms with van der Waals surface area (Å²) in [5.41, 5.74) is 13.5. The van der Waals surface area contributed by atoms with Crippen molar-refractivity contribution >= 4 is 21.8 Å². The number of nitrogens with zero attached hydrogens (tertiary/aromatic N) is 2. The van der Waals surface area contributed by atoms with Crippen LogP contribution in [0, 0.1) is 0 Å². The average molecular weight is 471 g/mol. The molecule has 1 aliphatic carbocycles. The monoisotopic (exact) mass is 470 g/mol. The number of pyridine rings is 1. The molecule has 1 aliphatic rings. The first-order chi connectivity index (χ1) is 18.4. The lowest BCUT2D eigenvalue weighted by Gasteiger charge is -2.25. The van der Waals surface area contributed by atoms with Crippen molar-refractivity contribution in [2.75, 3.05) is 0 Å². The van der Waals surface area contributed by atoms with Gasteiger partial charge in [0.25, 0.3) is 0 Å². The molecule has 172 valence electrons. The molecule has 2 heterocycles. The van der Waals surface area contributed by atoms with Crippen LogP contribution < -0.4 is 0 Å². The van der Waals surface area contributed by atoms with Crippen molar-refractivity contribution in [1.29, 1.82) is 0 Å². The van der Waals surface area contributed by atoms with Gasteiger partial charge >= 0.3 is 0 Å². The van der Waals surface area contributed by atoms with Gasteiger partial charge in [0.2, 0.25) is 0 Å². The van der Waals surface area contributed by atoms with Gasteiger partial charge in [-0.25, -0.2) is 0 Å². The predicted molar refractivity (Wildman–Crippen MR) is 154 cm³/mol. The van der Waals surface area contributed by atoms with Gasteiger partial charge in [-0.2, -0.15) is 0 Å². The third kappa shape index (κ3) is 2.84. The first-order valence-corrected chi connectivity index (χ1v) is 12.7. The van der Waals surface area contributed by atoms with Gasteiger partial charge in [0.05, 0.1) is 22.9 Å². The van der Waals surface area contributed by atoms with Crippen molar-refractivity contribution in [1.82, 2.24) is 9.55 Å². The van der Waals surface area contributed by atoms with Gasteiger partial charge in [0.1, 0.15) is 0 Å². The number of fused-ring (bicyclic) bond motifs is 11. The second-order valence-electron chi connectivity index (χ2n) is 9.58. The molecule has 0 aliphatic heterocycles. The highest BCUT2D eigenvalue weighted by Crippen LogP contribution is 2.50. The third-order valence-electron chi connectivity index (χ3n) is 7.68. The molecular formula is C35H22N2. The average Bonchev–Trinajstić information content (AvgIpc) is 3.30. The van der Waals surface area contributed by atoms with Crippen LogP contribution in [0.2, 0.25) is 0 Å². The standard InChI is InChI=1S/C35H22N2/c1-2-11-24-23(10-1)25-12-3-4-13-27(25)31-17-9-19-33(35(31)30-16-6-5-14-26(24)30)37-32-18-8-7-15-28(32)29-20-21-36-22-34(29)37/h1-22H. The molecule has 0 amide bonds. The highest BCUT2D eigenvalue weighted by atomic mass is 15.0. The van der Waals surface area contributed by atoms with Gasteiger partial charge in [-0.1, -0.05) is 103 Å². The fraction of sp³-hybridized carbons (Fsp3) is 0. The molecule has 0 fully saturated rings. The predicted octanol–water partition coefficient (Wildman–Crippen LogP) is 9.16. The van der Waals surface area contributed by atoms with Crippen molar-refractivity contribution in [2.24, 2.45) is 0 Å². The Labute approximate surface area is 215 Å². The SMILES string of the molecule is c1ccc2c(c1)-c1ccccc1-c1cccc(-n3c4ccccc4c4ccncc43)c1-c1ccccc1-2. The largest absolute Gasteiger partial charge is 0.307 e. The van der Waals surface area contributed by atoms with E-state index in [9.17, 15) is 0 Å². The van der Waals surface area contributed by atoms with Gasteiger partial charge < -0.3 is 4.57 Å². The first-order valence-electron chi connectivity index (χ1n) is 12.7. The van der Waals surface area contributed by atoms with Crippen LogP contribution in [0.1, 0.15) is 0 Å². The Bertz CT molecular complexity index is 1930. The fourth-order valence-electron chi connectivity index (χ4n) is 6.15. The van der Waals surface area contributed by atoms with E-state index < -0.39 is 0 Å². The quantitative estimate of drug-likeness (QED) is 0.234. The first kappa shape index (κ1) is 20.3. The molecular weight excluding hydrogens is 448 g/mol. The minimum atomic E-state index is 1.12. The van der Waals surface area contributed by atoms with Crippen LogP contribution in [-0.2, 0) is 0 Å². The molecule has 0 radical (unpaired) electrons. The Balaban J connectivity index is 1.59.